The van der Waals surface area contributed by atoms with Crippen molar-refractivity contribution in [1.29, 1.82) is 0 Å². The number of carbonyl (C=O) groups excluding carboxylic acids is 2. The van der Waals surface area contributed by atoms with Crippen LogP contribution < -0.4 is 5.32 Å². The number of fused-ring (bicyclic) bond motifs is 1. The van der Waals surface area contributed by atoms with E-state index in [0.29, 0.717) is 19.6 Å². The van der Waals surface area contributed by atoms with Gasteiger partial charge in [-0.1, -0.05) is 37.3 Å². The summed E-state index contributed by atoms with van der Waals surface area (Å²) in [5.74, 6) is 0.289. The molecule has 3 heterocycles. The summed E-state index contributed by atoms with van der Waals surface area (Å²) in [5, 5.41) is 5.15. The van der Waals surface area contributed by atoms with Crippen LogP contribution in [0.25, 0.3) is 0 Å². The Morgan fingerprint density at radius 1 is 1.00 bits per heavy atom. The maximum Gasteiger partial charge on any atom is 0.237 e. The standard InChI is InChI=1S/C24H32N4O2S/c1-2-21-20-9-15-31-22(20)8-10-28(21)24(30)18-27-13-11-26(12-14-27)17-23(29)25-16-19-6-4-3-5-7-19/h3-7,9,15,21H,2,8,10-14,16-18H2,1H3,(H,25,29). The highest BCUT2D eigenvalue weighted by atomic mass is 32.1. The summed E-state index contributed by atoms with van der Waals surface area (Å²) in [4.78, 5) is 33.3. The number of piperazine rings is 1. The van der Waals surface area contributed by atoms with E-state index in [1.54, 1.807) is 0 Å². The molecule has 1 atom stereocenters. The van der Waals surface area contributed by atoms with Crippen LogP contribution >= 0.6 is 11.3 Å². The first-order chi connectivity index (χ1) is 15.1. The zero-order valence-corrected chi connectivity index (χ0v) is 19.1. The molecule has 0 bridgehead atoms. The lowest BCUT2D eigenvalue weighted by atomic mass is 9.97. The largest absolute Gasteiger partial charge is 0.351 e. The SMILES string of the molecule is CCC1c2ccsc2CCN1C(=O)CN1CCN(CC(=O)NCc2ccccc2)CC1. The number of nitrogens with one attached hydrogen (secondary N) is 1. The smallest absolute Gasteiger partial charge is 0.237 e. The highest BCUT2D eigenvalue weighted by molar-refractivity contribution is 7.10. The van der Waals surface area contributed by atoms with Gasteiger partial charge in [-0.05, 0) is 35.4 Å². The minimum atomic E-state index is 0.0547. The van der Waals surface area contributed by atoms with Crippen molar-refractivity contribution >= 4 is 23.2 Å². The normalized spacial score (nSPS) is 19.8. The van der Waals surface area contributed by atoms with Crippen molar-refractivity contribution in [3.8, 4) is 0 Å². The fraction of sp³-hybridized carbons (Fsp3) is 0.500. The molecule has 1 unspecified atom stereocenters. The molecule has 2 aliphatic heterocycles. The van der Waals surface area contributed by atoms with Crippen LogP contribution in [0.2, 0.25) is 0 Å². The molecule has 4 rings (SSSR count). The van der Waals surface area contributed by atoms with Crippen LogP contribution in [-0.2, 0) is 22.6 Å². The van der Waals surface area contributed by atoms with Crippen molar-refractivity contribution in [2.45, 2.75) is 32.4 Å². The molecule has 2 aliphatic rings. The van der Waals surface area contributed by atoms with Gasteiger partial charge in [0.2, 0.25) is 11.8 Å². The molecule has 7 heteroatoms. The zero-order chi connectivity index (χ0) is 21.6. The topological polar surface area (TPSA) is 55.9 Å². The number of nitrogens with zero attached hydrogens (tertiary/aromatic N) is 3. The Morgan fingerprint density at radius 2 is 1.71 bits per heavy atom. The molecule has 0 saturated carbocycles. The maximum absolute atomic E-state index is 13.1. The molecule has 0 aliphatic carbocycles. The van der Waals surface area contributed by atoms with Crippen molar-refractivity contribution < 1.29 is 9.59 Å². The van der Waals surface area contributed by atoms with E-state index in [1.165, 1.54) is 10.4 Å². The van der Waals surface area contributed by atoms with Crippen LogP contribution in [0.5, 0.6) is 0 Å². The second-order valence-corrected chi connectivity index (χ2v) is 9.38. The average molecular weight is 441 g/mol. The zero-order valence-electron chi connectivity index (χ0n) is 18.3. The van der Waals surface area contributed by atoms with E-state index in [0.717, 1.165) is 51.1 Å². The Bertz CT molecular complexity index is 877. The van der Waals surface area contributed by atoms with Crippen molar-refractivity contribution in [2.75, 3.05) is 45.8 Å². The average Bonchev–Trinajstić information content (AvgIpc) is 3.28. The summed E-state index contributed by atoms with van der Waals surface area (Å²) in [6, 6.07) is 12.4. The number of thiophene rings is 1. The third-order valence-corrected chi connectivity index (χ3v) is 7.32. The van der Waals surface area contributed by atoms with E-state index >= 15 is 0 Å². The molecule has 2 aromatic rings. The first-order valence-corrected chi connectivity index (χ1v) is 12.1. The number of hydrogen-bond donors (Lipinski definition) is 1. The fourth-order valence-corrected chi connectivity index (χ4v) is 5.51. The molecular weight excluding hydrogens is 408 g/mol. The van der Waals surface area contributed by atoms with E-state index < -0.39 is 0 Å². The van der Waals surface area contributed by atoms with Crippen LogP contribution in [0.1, 0.15) is 35.4 Å². The monoisotopic (exact) mass is 440 g/mol. The Morgan fingerprint density at radius 3 is 2.42 bits per heavy atom. The molecular formula is C24H32N4O2S. The third-order valence-electron chi connectivity index (χ3n) is 6.33. The molecule has 0 spiro atoms. The van der Waals surface area contributed by atoms with E-state index in [4.69, 9.17) is 0 Å². The van der Waals surface area contributed by atoms with Gasteiger partial charge in [0.05, 0.1) is 19.1 Å². The van der Waals surface area contributed by atoms with Gasteiger partial charge < -0.3 is 10.2 Å². The van der Waals surface area contributed by atoms with Gasteiger partial charge in [0.15, 0.2) is 0 Å². The molecule has 31 heavy (non-hydrogen) atoms. The number of amides is 2. The predicted molar refractivity (Wildman–Crippen MR) is 124 cm³/mol. The fourth-order valence-electron chi connectivity index (χ4n) is 4.58. The molecule has 1 N–H and O–H groups in total. The number of benzene rings is 1. The minimum absolute atomic E-state index is 0.0547. The highest BCUT2D eigenvalue weighted by Gasteiger charge is 2.31. The summed E-state index contributed by atoms with van der Waals surface area (Å²) >= 11 is 1.81. The lowest BCUT2D eigenvalue weighted by Gasteiger charge is -2.38. The van der Waals surface area contributed by atoms with Crippen LogP contribution in [0.3, 0.4) is 0 Å². The van der Waals surface area contributed by atoms with Crippen molar-refractivity contribution in [3.05, 3.63) is 57.8 Å². The molecule has 0 radical (unpaired) electrons. The Balaban J connectivity index is 1.20. The quantitative estimate of drug-likeness (QED) is 0.719. The Labute approximate surface area is 188 Å². The van der Waals surface area contributed by atoms with Crippen molar-refractivity contribution in [1.82, 2.24) is 20.0 Å². The first kappa shape index (κ1) is 22.0. The first-order valence-electron chi connectivity index (χ1n) is 11.2. The molecule has 6 nitrogen and oxygen atoms in total. The second kappa shape index (κ2) is 10.4. The molecule has 166 valence electrons. The van der Waals surface area contributed by atoms with Gasteiger partial charge in [0.1, 0.15) is 0 Å². The van der Waals surface area contributed by atoms with E-state index in [2.05, 4.69) is 38.4 Å². The van der Waals surface area contributed by atoms with Crippen molar-refractivity contribution in [3.63, 3.8) is 0 Å². The second-order valence-electron chi connectivity index (χ2n) is 8.37. The van der Waals surface area contributed by atoms with Gasteiger partial charge in [0.25, 0.3) is 0 Å². The highest BCUT2D eigenvalue weighted by Crippen LogP contribution is 2.35. The van der Waals surface area contributed by atoms with Gasteiger partial charge in [-0.2, -0.15) is 0 Å². The van der Waals surface area contributed by atoms with Crippen molar-refractivity contribution in [2.24, 2.45) is 0 Å². The summed E-state index contributed by atoms with van der Waals surface area (Å²) in [6.45, 7) is 7.73. The van der Waals surface area contributed by atoms with Gasteiger partial charge in [-0.25, -0.2) is 0 Å². The summed E-state index contributed by atoms with van der Waals surface area (Å²) < 4.78 is 0. The van der Waals surface area contributed by atoms with Gasteiger partial charge in [-0.3, -0.25) is 19.4 Å². The number of carbonyl (C=O) groups is 2. The minimum Gasteiger partial charge on any atom is -0.351 e. The van der Waals surface area contributed by atoms with Crippen LogP contribution in [0.15, 0.2) is 41.8 Å². The number of rotatable bonds is 7. The van der Waals surface area contributed by atoms with E-state index in [-0.39, 0.29) is 17.9 Å². The Hall–Kier alpha value is -2.22. The molecule has 1 aromatic carbocycles. The lowest BCUT2D eigenvalue weighted by Crippen LogP contribution is -2.52. The third kappa shape index (κ3) is 5.53. The summed E-state index contributed by atoms with van der Waals surface area (Å²) in [6.07, 6.45) is 1.93. The Kier molecular flexibility index (Phi) is 7.37. The van der Waals surface area contributed by atoms with E-state index in [1.807, 2.05) is 41.7 Å². The lowest BCUT2D eigenvalue weighted by molar-refractivity contribution is -0.136. The number of hydrogen-bond acceptors (Lipinski definition) is 5. The molecule has 1 aromatic heterocycles. The van der Waals surface area contributed by atoms with Crippen LogP contribution in [0, 0.1) is 0 Å². The molecule has 2 amide bonds. The van der Waals surface area contributed by atoms with E-state index in [9.17, 15) is 9.59 Å². The van der Waals surface area contributed by atoms with Crippen LogP contribution in [-0.4, -0.2) is 72.3 Å². The predicted octanol–water partition coefficient (Wildman–Crippen LogP) is 2.52. The molecule has 1 fully saturated rings. The van der Waals surface area contributed by atoms with Crippen LogP contribution in [0.4, 0.5) is 0 Å². The van der Waals surface area contributed by atoms with Gasteiger partial charge in [0, 0.05) is 44.1 Å². The summed E-state index contributed by atoms with van der Waals surface area (Å²) in [7, 11) is 0. The molecule has 1 saturated heterocycles. The van der Waals surface area contributed by atoms with Gasteiger partial charge in [-0.15, -0.1) is 11.3 Å². The summed E-state index contributed by atoms with van der Waals surface area (Å²) in [5.41, 5.74) is 2.45. The van der Waals surface area contributed by atoms with Gasteiger partial charge >= 0.3 is 0 Å². The maximum atomic E-state index is 13.1.